The Morgan fingerprint density at radius 1 is 1.40 bits per heavy atom. The first-order valence-corrected chi connectivity index (χ1v) is 6.50. The molecular weight excluding hydrogens is 265 g/mol. The monoisotopic (exact) mass is 287 g/mol. The standard InChI is InChI=1S/C14H22FNO4/c1-13(2,3)20-12(18)16-7-6-10(8-15)14(4,9-16)11(17)19-5/h8H,6-7,9H2,1-5H3/b10-8+. The molecule has 0 radical (unpaired) electrons. The van der Waals surface area contributed by atoms with Crippen LogP contribution in [0.5, 0.6) is 0 Å². The van der Waals surface area contributed by atoms with Crippen molar-refractivity contribution in [2.75, 3.05) is 20.2 Å². The van der Waals surface area contributed by atoms with Gasteiger partial charge in [0.2, 0.25) is 0 Å². The van der Waals surface area contributed by atoms with Gasteiger partial charge in [-0.05, 0) is 39.7 Å². The number of nitrogens with zero attached hydrogens (tertiary/aromatic N) is 1. The number of methoxy groups -OCH3 is 1. The lowest BCUT2D eigenvalue weighted by molar-refractivity contribution is -0.151. The van der Waals surface area contributed by atoms with Gasteiger partial charge in [0.25, 0.3) is 0 Å². The van der Waals surface area contributed by atoms with Crippen molar-refractivity contribution in [2.45, 2.75) is 39.7 Å². The van der Waals surface area contributed by atoms with Gasteiger partial charge in [-0.2, -0.15) is 0 Å². The molecule has 6 heteroatoms. The van der Waals surface area contributed by atoms with Crippen LogP contribution >= 0.6 is 0 Å². The summed E-state index contributed by atoms with van der Waals surface area (Å²) in [6, 6.07) is 0. The highest BCUT2D eigenvalue weighted by Crippen LogP contribution is 2.36. The molecule has 1 fully saturated rings. The molecule has 114 valence electrons. The molecule has 1 unspecified atom stereocenters. The predicted octanol–water partition coefficient (Wildman–Crippen LogP) is 2.66. The second-order valence-corrected chi connectivity index (χ2v) is 6.11. The first kappa shape index (κ1) is 16.5. The fraction of sp³-hybridized carbons (Fsp3) is 0.714. The smallest absolute Gasteiger partial charge is 0.410 e. The summed E-state index contributed by atoms with van der Waals surface area (Å²) in [6.07, 6.45) is 0.204. The summed E-state index contributed by atoms with van der Waals surface area (Å²) >= 11 is 0. The lowest BCUT2D eigenvalue weighted by Gasteiger charge is -2.40. The van der Waals surface area contributed by atoms with E-state index in [4.69, 9.17) is 9.47 Å². The molecule has 1 amide bonds. The van der Waals surface area contributed by atoms with Crippen molar-refractivity contribution >= 4 is 12.1 Å². The number of esters is 1. The SMILES string of the molecule is COC(=O)C1(C)CN(C(=O)OC(C)(C)C)CC/C1=C\F. The van der Waals surface area contributed by atoms with Gasteiger partial charge < -0.3 is 14.4 Å². The molecule has 0 bridgehead atoms. The first-order valence-electron chi connectivity index (χ1n) is 6.50. The highest BCUT2D eigenvalue weighted by atomic mass is 19.1. The van der Waals surface area contributed by atoms with Gasteiger partial charge in [0, 0.05) is 13.1 Å². The van der Waals surface area contributed by atoms with E-state index in [2.05, 4.69) is 0 Å². The van der Waals surface area contributed by atoms with Crippen molar-refractivity contribution < 1.29 is 23.5 Å². The van der Waals surface area contributed by atoms with Gasteiger partial charge in [0.05, 0.1) is 13.4 Å². The quantitative estimate of drug-likeness (QED) is 0.696. The van der Waals surface area contributed by atoms with Crippen LogP contribution in [0.15, 0.2) is 11.9 Å². The summed E-state index contributed by atoms with van der Waals surface area (Å²) < 4.78 is 23.0. The van der Waals surface area contributed by atoms with Crippen LogP contribution in [0.3, 0.4) is 0 Å². The van der Waals surface area contributed by atoms with E-state index >= 15 is 0 Å². The molecule has 5 nitrogen and oxygen atoms in total. The second kappa shape index (κ2) is 5.81. The van der Waals surface area contributed by atoms with Gasteiger partial charge >= 0.3 is 12.1 Å². The molecule has 0 aromatic heterocycles. The van der Waals surface area contributed by atoms with Gasteiger partial charge in [0.1, 0.15) is 11.0 Å². The average Bonchev–Trinajstić information content (AvgIpc) is 2.35. The van der Waals surface area contributed by atoms with Crippen molar-refractivity contribution in [1.29, 1.82) is 0 Å². The van der Waals surface area contributed by atoms with Crippen molar-refractivity contribution in [3.63, 3.8) is 0 Å². The van der Waals surface area contributed by atoms with E-state index in [-0.39, 0.29) is 13.0 Å². The fourth-order valence-corrected chi connectivity index (χ4v) is 2.17. The Kier molecular flexibility index (Phi) is 4.78. The predicted molar refractivity (Wildman–Crippen MR) is 71.7 cm³/mol. The van der Waals surface area contributed by atoms with Crippen LogP contribution in [0.4, 0.5) is 9.18 Å². The number of hydrogen-bond donors (Lipinski definition) is 0. The number of likely N-dealkylation sites (tertiary alicyclic amines) is 1. The Bertz CT molecular complexity index is 427. The number of piperidine rings is 1. The van der Waals surface area contributed by atoms with Crippen LogP contribution in [0.25, 0.3) is 0 Å². The maximum absolute atomic E-state index is 13.0. The Balaban J connectivity index is 2.92. The molecule has 0 saturated carbocycles. The summed E-state index contributed by atoms with van der Waals surface area (Å²) in [4.78, 5) is 25.4. The average molecular weight is 287 g/mol. The van der Waals surface area contributed by atoms with Crippen LogP contribution in [-0.2, 0) is 14.3 Å². The van der Waals surface area contributed by atoms with Gasteiger partial charge in [-0.3, -0.25) is 4.79 Å². The zero-order chi connectivity index (χ0) is 15.6. The Morgan fingerprint density at radius 2 is 2.00 bits per heavy atom. The van der Waals surface area contributed by atoms with Gasteiger partial charge in [0.15, 0.2) is 0 Å². The van der Waals surface area contributed by atoms with Gasteiger partial charge in [-0.15, -0.1) is 0 Å². The normalized spacial score (nSPS) is 25.5. The maximum atomic E-state index is 13.0. The minimum Gasteiger partial charge on any atom is -0.468 e. The summed E-state index contributed by atoms with van der Waals surface area (Å²) in [5.41, 5.74) is -1.45. The third-order valence-electron chi connectivity index (χ3n) is 3.29. The van der Waals surface area contributed by atoms with Crippen LogP contribution in [0, 0.1) is 5.41 Å². The summed E-state index contributed by atoms with van der Waals surface area (Å²) in [5, 5.41) is 0. The second-order valence-electron chi connectivity index (χ2n) is 6.11. The van der Waals surface area contributed by atoms with Crippen LogP contribution in [0.1, 0.15) is 34.1 Å². The van der Waals surface area contributed by atoms with Crippen molar-refractivity contribution in [3.05, 3.63) is 11.9 Å². The molecule has 1 atom stereocenters. The van der Waals surface area contributed by atoms with E-state index in [0.29, 0.717) is 18.4 Å². The van der Waals surface area contributed by atoms with Crippen LogP contribution in [-0.4, -0.2) is 42.8 Å². The lowest BCUT2D eigenvalue weighted by atomic mass is 9.78. The summed E-state index contributed by atoms with van der Waals surface area (Å²) in [5.74, 6) is -0.561. The minimum atomic E-state index is -1.17. The molecule has 20 heavy (non-hydrogen) atoms. The number of hydrogen-bond acceptors (Lipinski definition) is 4. The largest absolute Gasteiger partial charge is 0.468 e. The van der Waals surface area contributed by atoms with E-state index in [1.54, 1.807) is 27.7 Å². The Hall–Kier alpha value is -1.59. The van der Waals surface area contributed by atoms with Crippen molar-refractivity contribution in [2.24, 2.45) is 5.41 Å². The molecule has 0 aromatic carbocycles. The molecule has 0 aromatic rings. The van der Waals surface area contributed by atoms with Crippen LogP contribution in [0.2, 0.25) is 0 Å². The summed E-state index contributed by atoms with van der Waals surface area (Å²) in [7, 11) is 1.25. The van der Waals surface area contributed by atoms with Crippen LogP contribution < -0.4 is 0 Å². The van der Waals surface area contributed by atoms with E-state index in [0.717, 1.165) is 0 Å². The minimum absolute atomic E-state index is 0.0460. The molecule has 1 rings (SSSR count). The van der Waals surface area contributed by atoms with Gasteiger partial charge in [-0.25, -0.2) is 9.18 Å². The molecule has 1 saturated heterocycles. The third kappa shape index (κ3) is 3.49. The number of rotatable bonds is 1. The molecule has 0 aliphatic carbocycles. The van der Waals surface area contributed by atoms with E-state index < -0.39 is 23.1 Å². The molecule has 0 N–H and O–H groups in total. The van der Waals surface area contributed by atoms with Gasteiger partial charge in [-0.1, -0.05) is 0 Å². The zero-order valence-corrected chi connectivity index (χ0v) is 12.7. The lowest BCUT2D eigenvalue weighted by Crippen LogP contribution is -2.51. The van der Waals surface area contributed by atoms with Crippen molar-refractivity contribution in [1.82, 2.24) is 4.90 Å². The van der Waals surface area contributed by atoms with Crippen molar-refractivity contribution in [3.8, 4) is 0 Å². The first-order chi connectivity index (χ1) is 9.14. The molecule has 1 aliphatic heterocycles. The number of ether oxygens (including phenoxy) is 2. The topological polar surface area (TPSA) is 55.8 Å². The molecule has 1 heterocycles. The van der Waals surface area contributed by atoms with E-state index in [9.17, 15) is 14.0 Å². The highest BCUT2D eigenvalue weighted by molar-refractivity contribution is 5.82. The zero-order valence-electron chi connectivity index (χ0n) is 12.7. The number of amides is 1. The number of carbonyl (C=O) groups is 2. The maximum Gasteiger partial charge on any atom is 0.410 e. The number of carbonyl (C=O) groups excluding carboxylic acids is 2. The molecule has 0 spiro atoms. The number of halogens is 1. The Labute approximate surface area is 118 Å². The van der Waals surface area contributed by atoms with E-state index in [1.807, 2.05) is 0 Å². The highest BCUT2D eigenvalue weighted by Gasteiger charge is 2.45. The molecule has 1 aliphatic rings. The fourth-order valence-electron chi connectivity index (χ4n) is 2.17. The third-order valence-corrected chi connectivity index (χ3v) is 3.29. The Morgan fingerprint density at radius 3 is 2.45 bits per heavy atom. The molecular formula is C14H22FNO4. The van der Waals surface area contributed by atoms with E-state index in [1.165, 1.54) is 12.0 Å². The summed E-state index contributed by atoms with van der Waals surface area (Å²) in [6.45, 7) is 7.23.